The first-order chi connectivity index (χ1) is 22.6. The molecule has 0 aliphatic carbocycles. The van der Waals surface area contributed by atoms with Crippen molar-refractivity contribution in [1.29, 1.82) is 0 Å². The minimum Gasteiger partial charge on any atom is -0.494 e. The maximum atomic E-state index is 11.2. The Labute approximate surface area is 269 Å². The predicted octanol–water partition coefficient (Wildman–Crippen LogP) is 5.88. The first-order valence-corrected chi connectivity index (χ1v) is 15.7. The number of H-pyrrole nitrogens is 1. The number of aromatic amines is 1. The van der Waals surface area contributed by atoms with Crippen LogP contribution in [0.1, 0.15) is 43.2 Å². The molecule has 2 aromatic carbocycles. The monoisotopic (exact) mass is 622 g/mol. The van der Waals surface area contributed by atoms with Crippen molar-refractivity contribution in [3.05, 3.63) is 84.2 Å². The molecule has 46 heavy (non-hydrogen) atoms. The summed E-state index contributed by atoms with van der Waals surface area (Å²) in [5.41, 5.74) is 8.16. The van der Waals surface area contributed by atoms with Crippen molar-refractivity contribution in [1.82, 2.24) is 36.0 Å². The molecule has 0 spiro atoms. The number of likely N-dealkylation sites (N-methyl/N-ethyl adjacent to an activating group) is 1. The molecule has 0 radical (unpaired) electrons. The number of carbonyl (C=O) groups excluding carboxylic acids is 1. The van der Waals surface area contributed by atoms with E-state index in [4.69, 9.17) is 19.9 Å². The molecule has 0 aliphatic rings. The number of ether oxygens (including phenoxy) is 1. The summed E-state index contributed by atoms with van der Waals surface area (Å²) in [7, 11) is 1.95. The van der Waals surface area contributed by atoms with E-state index in [1.54, 1.807) is 11.7 Å². The van der Waals surface area contributed by atoms with E-state index < -0.39 is 0 Å². The predicted molar refractivity (Wildman–Crippen MR) is 181 cm³/mol. The van der Waals surface area contributed by atoms with Crippen molar-refractivity contribution in [2.75, 3.05) is 32.1 Å². The topological polar surface area (TPSA) is 149 Å². The van der Waals surface area contributed by atoms with Gasteiger partial charge in [-0.15, -0.1) is 0 Å². The minimum atomic E-state index is -0.348. The zero-order valence-corrected chi connectivity index (χ0v) is 26.4. The second-order valence-corrected chi connectivity index (χ2v) is 11.1. The van der Waals surface area contributed by atoms with Crippen molar-refractivity contribution >= 4 is 28.4 Å². The Morgan fingerprint density at radius 2 is 1.85 bits per heavy atom. The average Bonchev–Trinajstić information content (AvgIpc) is 3.57. The van der Waals surface area contributed by atoms with E-state index in [9.17, 15) is 4.79 Å². The van der Waals surface area contributed by atoms with Crippen molar-refractivity contribution in [3.63, 3.8) is 0 Å². The summed E-state index contributed by atoms with van der Waals surface area (Å²) in [5.74, 6) is 1.75. The highest BCUT2D eigenvalue weighted by Crippen LogP contribution is 2.34. The largest absolute Gasteiger partial charge is 0.494 e. The molecule has 240 valence electrons. The van der Waals surface area contributed by atoms with E-state index >= 15 is 0 Å². The molecule has 0 aliphatic heterocycles. The third-order valence-corrected chi connectivity index (χ3v) is 7.72. The number of hydroxylamine groups is 1. The zero-order valence-electron chi connectivity index (χ0n) is 26.4. The number of hydrogen-bond acceptors (Lipinski definition) is 9. The molecular formula is C35H42N8O3. The summed E-state index contributed by atoms with van der Waals surface area (Å²) in [4.78, 5) is 29.0. The van der Waals surface area contributed by atoms with Crippen LogP contribution in [-0.4, -0.2) is 57.8 Å². The molecule has 11 heteroatoms. The van der Waals surface area contributed by atoms with Gasteiger partial charge in [0.15, 0.2) is 5.82 Å². The van der Waals surface area contributed by atoms with Gasteiger partial charge in [0.2, 0.25) is 5.91 Å². The van der Waals surface area contributed by atoms with Gasteiger partial charge in [-0.25, -0.2) is 20.4 Å². The van der Waals surface area contributed by atoms with E-state index in [0.29, 0.717) is 24.7 Å². The summed E-state index contributed by atoms with van der Waals surface area (Å²) in [6, 6.07) is 20.2. The number of carbonyl (C=O) groups is 1. The number of amides is 1. The van der Waals surface area contributed by atoms with Crippen molar-refractivity contribution in [2.45, 2.75) is 45.6 Å². The normalized spacial score (nSPS) is 11.1. The van der Waals surface area contributed by atoms with E-state index in [0.717, 1.165) is 95.7 Å². The summed E-state index contributed by atoms with van der Waals surface area (Å²) < 4.78 is 6.04. The van der Waals surface area contributed by atoms with E-state index in [1.165, 1.54) is 0 Å². The minimum absolute atomic E-state index is 0.327. The van der Waals surface area contributed by atoms with Gasteiger partial charge in [-0.05, 0) is 62.7 Å². The molecule has 1 amide bonds. The van der Waals surface area contributed by atoms with Gasteiger partial charge in [0.1, 0.15) is 17.2 Å². The fourth-order valence-corrected chi connectivity index (χ4v) is 5.25. The molecule has 6 N–H and O–H groups in total. The fraction of sp³-hybridized carbons (Fsp3) is 0.314. The summed E-state index contributed by atoms with van der Waals surface area (Å²) in [6.07, 6.45) is 7.47. The van der Waals surface area contributed by atoms with Crippen LogP contribution in [0.25, 0.3) is 33.7 Å². The Hall–Kier alpha value is -4.84. The Kier molecular flexibility index (Phi) is 11.7. The number of benzene rings is 2. The highest BCUT2D eigenvalue weighted by molar-refractivity contribution is 5.93. The highest BCUT2D eigenvalue weighted by Gasteiger charge is 2.17. The third-order valence-electron chi connectivity index (χ3n) is 7.72. The molecule has 0 unspecified atom stereocenters. The van der Waals surface area contributed by atoms with Crippen LogP contribution in [0.3, 0.4) is 0 Å². The van der Waals surface area contributed by atoms with Crippen molar-refractivity contribution in [3.8, 4) is 28.4 Å². The number of nitrogens with zero attached hydrogens (tertiary/aromatic N) is 3. The number of rotatable bonds is 17. The van der Waals surface area contributed by atoms with E-state index in [1.807, 2.05) is 68.7 Å². The molecule has 0 fully saturated rings. The number of nitrogens with one attached hydrogen (secondary N) is 5. The molecule has 0 bridgehead atoms. The molecule has 0 saturated heterocycles. The van der Waals surface area contributed by atoms with Gasteiger partial charge < -0.3 is 25.7 Å². The zero-order chi connectivity index (χ0) is 32.1. The molecule has 5 rings (SSSR count). The van der Waals surface area contributed by atoms with Gasteiger partial charge >= 0.3 is 0 Å². The van der Waals surface area contributed by atoms with Crippen LogP contribution in [0, 0.1) is 6.92 Å². The lowest BCUT2D eigenvalue weighted by molar-refractivity contribution is -0.129. The molecule has 11 nitrogen and oxygen atoms in total. The standard InChI is InChI=1S/C35H42N8O3/c1-24-32(29-14-16-38-35-30(29)15-17-39-35)41-34(26-10-7-9-25(21-26)23-37-19-18-36-2)42-33(24)40-27-11-8-12-28(22-27)46-20-6-4-3-5-13-31(44)43-45/h7-12,14-17,21-22,36-37,45H,3-6,13,18-20,23H2,1-2H3,(H,38,39)(H,43,44)(H,40,41,42). The van der Waals surface area contributed by atoms with Crippen molar-refractivity contribution in [2.24, 2.45) is 0 Å². The van der Waals surface area contributed by atoms with E-state index in [2.05, 4.69) is 38.1 Å². The van der Waals surface area contributed by atoms with Crippen LogP contribution in [0.5, 0.6) is 5.75 Å². The van der Waals surface area contributed by atoms with Gasteiger partial charge in [-0.2, -0.15) is 0 Å². The number of hydrogen-bond donors (Lipinski definition) is 6. The number of anilines is 2. The molecule has 0 atom stereocenters. The average molecular weight is 623 g/mol. The summed E-state index contributed by atoms with van der Waals surface area (Å²) >= 11 is 0. The van der Waals surface area contributed by atoms with Crippen LogP contribution in [0.15, 0.2) is 73.1 Å². The number of fused-ring (bicyclic) bond motifs is 1. The van der Waals surface area contributed by atoms with Gasteiger partial charge in [0.05, 0.1) is 12.3 Å². The van der Waals surface area contributed by atoms with Gasteiger partial charge in [0.25, 0.3) is 0 Å². The SMILES string of the molecule is CNCCNCc1cccc(-c2nc(Nc3cccc(OCCCCCCC(=O)NO)c3)c(C)c(-c3ccnc4[nH]ccc34)n2)c1. The second kappa shape index (κ2) is 16.5. The van der Waals surface area contributed by atoms with Gasteiger partial charge in [0, 0.05) is 72.3 Å². The number of aromatic nitrogens is 4. The molecule has 3 aromatic heterocycles. The maximum absolute atomic E-state index is 11.2. The molecular weight excluding hydrogens is 580 g/mol. The number of pyridine rings is 1. The van der Waals surface area contributed by atoms with Gasteiger partial charge in [-0.3, -0.25) is 10.0 Å². The van der Waals surface area contributed by atoms with Crippen LogP contribution < -0.4 is 26.2 Å². The lowest BCUT2D eigenvalue weighted by Gasteiger charge is -2.16. The highest BCUT2D eigenvalue weighted by atomic mass is 16.5. The van der Waals surface area contributed by atoms with Crippen molar-refractivity contribution < 1.29 is 14.7 Å². The van der Waals surface area contributed by atoms with Crippen LogP contribution in [-0.2, 0) is 11.3 Å². The van der Waals surface area contributed by atoms with Gasteiger partial charge in [-0.1, -0.05) is 37.1 Å². The third kappa shape index (κ3) is 8.66. The quantitative estimate of drug-likeness (QED) is 0.0425. The van der Waals surface area contributed by atoms with Crippen LogP contribution in [0.2, 0.25) is 0 Å². The Balaban J connectivity index is 1.38. The fourth-order valence-electron chi connectivity index (χ4n) is 5.25. The van der Waals surface area contributed by atoms with Crippen LogP contribution >= 0.6 is 0 Å². The first-order valence-electron chi connectivity index (χ1n) is 15.7. The lowest BCUT2D eigenvalue weighted by Crippen LogP contribution is -2.24. The molecule has 3 heterocycles. The Bertz CT molecular complexity index is 1740. The molecule has 5 aromatic rings. The van der Waals surface area contributed by atoms with E-state index in [-0.39, 0.29) is 5.91 Å². The smallest absolute Gasteiger partial charge is 0.243 e. The Morgan fingerprint density at radius 1 is 0.978 bits per heavy atom. The molecule has 0 saturated carbocycles. The number of unbranched alkanes of at least 4 members (excludes halogenated alkanes) is 3. The maximum Gasteiger partial charge on any atom is 0.243 e. The summed E-state index contributed by atoms with van der Waals surface area (Å²) in [6.45, 7) is 5.14. The summed E-state index contributed by atoms with van der Waals surface area (Å²) in [5, 5.41) is 19.8. The Morgan fingerprint density at radius 3 is 2.72 bits per heavy atom. The van der Waals surface area contributed by atoms with Crippen LogP contribution in [0.4, 0.5) is 11.5 Å². The second-order valence-electron chi connectivity index (χ2n) is 11.1. The lowest BCUT2D eigenvalue weighted by atomic mass is 10.0. The first kappa shape index (κ1) is 32.6.